The van der Waals surface area contributed by atoms with Crippen LogP contribution in [0.4, 0.5) is 11.8 Å². The van der Waals surface area contributed by atoms with Gasteiger partial charge in [-0.2, -0.15) is 10.1 Å². The summed E-state index contributed by atoms with van der Waals surface area (Å²) in [5, 5.41) is 17.1. The number of nitrogens with one attached hydrogen (secondary N) is 1. The van der Waals surface area contributed by atoms with Crippen LogP contribution in [0.5, 0.6) is 0 Å². The van der Waals surface area contributed by atoms with Gasteiger partial charge in [0.15, 0.2) is 0 Å². The number of aliphatic hydroxyl groups is 1. The Hall–Kier alpha value is -1.86. The summed E-state index contributed by atoms with van der Waals surface area (Å²) in [5.41, 5.74) is 6.18. The zero-order chi connectivity index (χ0) is 13.1. The van der Waals surface area contributed by atoms with Gasteiger partial charge in [0.1, 0.15) is 11.0 Å². The lowest BCUT2D eigenvalue weighted by atomic mass is 10.2. The lowest BCUT2D eigenvalue weighted by molar-refractivity contribution is 0.191. The van der Waals surface area contributed by atoms with Crippen LogP contribution < -0.4 is 11.1 Å². The van der Waals surface area contributed by atoms with Crippen molar-refractivity contribution in [1.82, 2.24) is 19.7 Å². The van der Waals surface area contributed by atoms with Gasteiger partial charge >= 0.3 is 0 Å². The van der Waals surface area contributed by atoms with E-state index in [1.54, 1.807) is 24.1 Å². The van der Waals surface area contributed by atoms with Crippen molar-refractivity contribution in [2.75, 3.05) is 17.6 Å². The monoisotopic (exact) mass is 268 g/mol. The number of rotatable bonds is 4. The van der Waals surface area contributed by atoms with E-state index in [0.717, 1.165) is 5.56 Å². The van der Waals surface area contributed by atoms with E-state index in [-0.39, 0.29) is 17.6 Å². The summed E-state index contributed by atoms with van der Waals surface area (Å²) < 4.78 is 1.62. The first-order chi connectivity index (χ1) is 8.54. The zero-order valence-corrected chi connectivity index (χ0v) is 10.5. The maximum atomic E-state index is 9.91. The van der Waals surface area contributed by atoms with Crippen LogP contribution in [0.15, 0.2) is 18.5 Å². The molecule has 0 saturated heterocycles. The van der Waals surface area contributed by atoms with Gasteiger partial charge in [-0.25, -0.2) is 4.98 Å². The van der Waals surface area contributed by atoms with Gasteiger partial charge in [-0.3, -0.25) is 4.68 Å². The number of nitrogens with two attached hydrogens (primary N) is 1. The Balaban J connectivity index is 1.99. The molecule has 1 unspecified atom stereocenters. The molecule has 7 nitrogen and oxygen atoms in total. The number of nitrogen functional groups attached to an aromatic ring is 1. The molecule has 8 heteroatoms. The average Bonchev–Trinajstić information content (AvgIpc) is 2.71. The van der Waals surface area contributed by atoms with Crippen LogP contribution in [0.2, 0.25) is 5.15 Å². The summed E-state index contributed by atoms with van der Waals surface area (Å²) in [4.78, 5) is 7.68. The Morgan fingerprint density at radius 2 is 2.33 bits per heavy atom. The Bertz CT molecular complexity index is 523. The molecule has 0 spiro atoms. The van der Waals surface area contributed by atoms with Gasteiger partial charge < -0.3 is 16.2 Å². The van der Waals surface area contributed by atoms with Gasteiger partial charge in [0.05, 0.1) is 12.3 Å². The van der Waals surface area contributed by atoms with E-state index in [4.69, 9.17) is 17.3 Å². The van der Waals surface area contributed by atoms with Gasteiger partial charge in [-0.05, 0) is 0 Å². The van der Waals surface area contributed by atoms with Crippen molar-refractivity contribution in [2.24, 2.45) is 7.05 Å². The Morgan fingerprint density at radius 3 is 2.94 bits per heavy atom. The molecule has 2 aromatic rings. The molecule has 18 heavy (non-hydrogen) atoms. The molecule has 0 saturated carbocycles. The number of aromatic nitrogens is 4. The fourth-order valence-electron chi connectivity index (χ4n) is 1.46. The molecule has 0 aliphatic heterocycles. The van der Waals surface area contributed by atoms with Crippen molar-refractivity contribution in [1.29, 1.82) is 0 Å². The molecule has 0 amide bonds. The topological polar surface area (TPSA) is 102 Å². The highest BCUT2D eigenvalue weighted by atomic mass is 35.5. The summed E-state index contributed by atoms with van der Waals surface area (Å²) >= 11 is 5.74. The average molecular weight is 269 g/mol. The normalized spacial score (nSPS) is 12.4. The van der Waals surface area contributed by atoms with E-state index in [1.165, 1.54) is 6.07 Å². The second-order valence-corrected chi connectivity index (χ2v) is 4.17. The summed E-state index contributed by atoms with van der Waals surface area (Å²) in [5.74, 6) is 0.552. The Morgan fingerprint density at radius 1 is 1.56 bits per heavy atom. The van der Waals surface area contributed by atoms with Gasteiger partial charge in [0.25, 0.3) is 0 Å². The highest BCUT2D eigenvalue weighted by molar-refractivity contribution is 6.29. The first-order valence-corrected chi connectivity index (χ1v) is 5.63. The smallest absolute Gasteiger partial charge is 0.223 e. The van der Waals surface area contributed by atoms with Crippen molar-refractivity contribution in [3.05, 3.63) is 29.2 Å². The Kier molecular flexibility index (Phi) is 3.63. The summed E-state index contributed by atoms with van der Waals surface area (Å²) in [6.45, 7) is 0.276. The minimum atomic E-state index is -0.686. The number of hydrogen-bond acceptors (Lipinski definition) is 6. The maximum Gasteiger partial charge on any atom is 0.223 e. The molecule has 0 aromatic carbocycles. The third-order valence-electron chi connectivity index (χ3n) is 2.30. The van der Waals surface area contributed by atoms with Gasteiger partial charge in [-0.1, -0.05) is 11.6 Å². The van der Waals surface area contributed by atoms with Gasteiger partial charge in [0.2, 0.25) is 5.95 Å². The second-order valence-electron chi connectivity index (χ2n) is 3.78. The first-order valence-electron chi connectivity index (χ1n) is 5.25. The number of hydrogen-bond donors (Lipinski definition) is 3. The molecule has 4 N–H and O–H groups in total. The largest absolute Gasteiger partial charge is 0.386 e. The molecule has 0 aliphatic carbocycles. The fourth-order valence-corrected chi connectivity index (χ4v) is 1.65. The molecule has 0 radical (unpaired) electrons. The fraction of sp³-hybridized carbons (Fsp3) is 0.300. The number of halogens is 1. The predicted octanol–water partition coefficient (Wildman–Crippen LogP) is 0.591. The van der Waals surface area contributed by atoms with Crippen LogP contribution in [0, 0.1) is 0 Å². The van der Waals surface area contributed by atoms with E-state index in [9.17, 15) is 5.11 Å². The second kappa shape index (κ2) is 5.19. The molecule has 2 rings (SSSR count). The minimum absolute atomic E-state index is 0.0841. The third-order valence-corrected chi connectivity index (χ3v) is 2.49. The minimum Gasteiger partial charge on any atom is -0.386 e. The molecular formula is C10H13ClN6O. The summed E-state index contributed by atoms with van der Waals surface area (Å²) in [6.07, 6.45) is 2.66. The quantitative estimate of drug-likeness (QED) is 0.702. The SMILES string of the molecule is Cn1cc(C(O)CNc2cc(Cl)nc(N)n2)cn1. The predicted molar refractivity (Wildman–Crippen MR) is 68.1 cm³/mol. The molecule has 2 aromatic heterocycles. The highest BCUT2D eigenvalue weighted by Gasteiger charge is 2.10. The lowest BCUT2D eigenvalue weighted by Gasteiger charge is -2.10. The van der Waals surface area contributed by atoms with Crippen LogP contribution in [-0.4, -0.2) is 31.4 Å². The Labute approximate surface area is 109 Å². The standard InChI is InChI=1S/C10H13ClN6O/c1-17-5-6(3-14-17)7(18)4-13-9-2-8(11)15-10(12)16-9/h2-3,5,7,18H,4H2,1H3,(H3,12,13,15,16). The van der Waals surface area contributed by atoms with Crippen molar-refractivity contribution < 1.29 is 5.11 Å². The molecular weight excluding hydrogens is 256 g/mol. The van der Waals surface area contributed by atoms with Crippen LogP contribution in [-0.2, 0) is 7.05 Å². The van der Waals surface area contributed by atoms with Crippen LogP contribution in [0.25, 0.3) is 0 Å². The molecule has 1 atom stereocenters. The van der Waals surface area contributed by atoms with E-state index in [2.05, 4.69) is 20.4 Å². The van der Waals surface area contributed by atoms with Crippen molar-refractivity contribution in [3.8, 4) is 0 Å². The summed E-state index contributed by atoms with van der Waals surface area (Å²) in [7, 11) is 1.79. The zero-order valence-electron chi connectivity index (χ0n) is 9.71. The number of anilines is 2. The highest BCUT2D eigenvalue weighted by Crippen LogP contribution is 2.15. The molecule has 96 valence electrons. The third kappa shape index (κ3) is 3.08. The van der Waals surface area contributed by atoms with Crippen molar-refractivity contribution in [2.45, 2.75) is 6.10 Å². The van der Waals surface area contributed by atoms with Crippen LogP contribution >= 0.6 is 11.6 Å². The number of aryl methyl sites for hydroxylation is 1. The van der Waals surface area contributed by atoms with Gasteiger partial charge in [0, 0.05) is 31.4 Å². The van der Waals surface area contributed by atoms with Crippen LogP contribution in [0.3, 0.4) is 0 Å². The van der Waals surface area contributed by atoms with Crippen molar-refractivity contribution >= 4 is 23.4 Å². The first kappa shape index (κ1) is 12.6. The molecule has 0 bridgehead atoms. The van der Waals surface area contributed by atoms with E-state index in [0.29, 0.717) is 5.82 Å². The van der Waals surface area contributed by atoms with Crippen LogP contribution in [0.1, 0.15) is 11.7 Å². The number of aliphatic hydroxyl groups excluding tert-OH is 1. The van der Waals surface area contributed by atoms with E-state index in [1.807, 2.05) is 0 Å². The maximum absolute atomic E-state index is 9.91. The van der Waals surface area contributed by atoms with Gasteiger partial charge in [-0.15, -0.1) is 0 Å². The molecule has 2 heterocycles. The van der Waals surface area contributed by atoms with E-state index >= 15 is 0 Å². The summed E-state index contributed by atoms with van der Waals surface area (Å²) in [6, 6.07) is 1.54. The number of nitrogens with zero attached hydrogens (tertiary/aromatic N) is 4. The van der Waals surface area contributed by atoms with Crippen molar-refractivity contribution in [3.63, 3.8) is 0 Å². The van der Waals surface area contributed by atoms with E-state index < -0.39 is 6.10 Å². The lowest BCUT2D eigenvalue weighted by Crippen LogP contribution is -2.13. The molecule has 0 fully saturated rings. The molecule has 0 aliphatic rings.